The molecule has 31 heavy (non-hydrogen) atoms. The first kappa shape index (κ1) is 21.6. The number of ether oxygens (including phenoxy) is 2. The predicted octanol–water partition coefficient (Wildman–Crippen LogP) is 4.50. The smallest absolute Gasteiger partial charge is 0.410 e. The third kappa shape index (κ3) is 4.85. The van der Waals surface area contributed by atoms with Crippen LogP contribution >= 0.6 is 0 Å². The summed E-state index contributed by atoms with van der Waals surface area (Å²) in [5.74, 6) is 0.578. The predicted molar refractivity (Wildman–Crippen MR) is 118 cm³/mol. The van der Waals surface area contributed by atoms with Crippen LogP contribution in [0.3, 0.4) is 0 Å². The molecule has 2 aliphatic heterocycles. The quantitative estimate of drug-likeness (QED) is 0.682. The van der Waals surface area contributed by atoms with Crippen LogP contribution in [0.2, 0.25) is 0 Å². The SMILES string of the molecule is CCOc1ccc(CN2C(=O)OCC3(CCN(C)CC3)C2Cc2ccc(F)cc2)cc1. The van der Waals surface area contributed by atoms with Gasteiger partial charge in [0.2, 0.25) is 0 Å². The molecular weight excluding hydrogens is 395 g/mol. The number of hydrogen-bond donors (Lipinski definition) is 0. The second kappa shape index (κ2) is 9.27. The van der Waals surface area contributed by atoms with E-state index in [1.54, 1.807) is 0 Å². The molecule has 1 amide bonds. The van der Waals surface area contributed by atoms with E-state index in [1.165, 1.54) is 12.1 Å². The van der Waals surface area contributed by atoms with E-state index in [0.717, 1.165) is 42.8 Å². The zero-order chi connectivity index (χ0) is 21.8. The van der Waals surface area contributed by atoms with Crippen molar-refractivity contribution in [2.24, 2.45) is 5.41 Å². The molecular formula is C25H31FN2O3. The van der Waals surface area contributed by atoms with E-state index in [0.29, 0.717) is 26.2 Å². The van der Waals surface area contributed by atoms with Gasteiger partial charge in [0, 0.05) is 18.0 Å². The normalized spacial score (nSPS) is 21.2. The van der Waals surface area contributed by atoms with Gasteiger partial charge in [-0.25, -0.2) is 9.18 Å². The maximum absolute atomic E-state index is 13.5. The molecule has 2 fully saturated rings. The summed E-state index contributed by atoms with van der Waals surface area (Å²) in [6, 6.07) is 14.5. The lowest BCUT2D eigenvalue weighted by molar-refractivity contribution is -0.0780. The maximum Gasteiger partial charge on any atom is 0.410 e. The van der Waals surface area contributed by atoms with Crippen molar-refractivity contribution in [2.45, 2.75) is 38.8 Å². The summed E-state index contributed by atoms with van der Waals surface area (Å²) in [4.78, 5) is 17.1. The molecule has 2 aromatic carbocycles. The monoisotopic (exact) mass is 426 g/mol. The zero-order valence-corrected chi connectivity index (χ0v) is 18.4. The molecule has 5 nitrogen and oxygen atoms in total. The molecule has 166 valence electrons. The van der Waals surface area contributed by atoms with E-state index in [4.69, 9.17) is 9.47 Å². The first-order valence-corrected chi connectivity index (χ1v) is 11.1. The van der Waals surface area contributed by atoms with Gasteiger partial charge in [0.1, 0.15) is 18.2 Å². The van der Waals surface area contributed by atoms with Crippen molar-refractivity contribution in [1.29, 1.82) is 0 Å². The molecule has 0 bridgehead atoms. The van der Waals surface area contributed by atoms with Crippen molar-refractivity contribution >= 4 is 6.09 Å². The molecule has 1 spiro atoms. The van der Waals surface area contributed by atoms with Gasteiger partial charge < -0.3 is 14.4 Å². The van der Waals surface area contributed by atoms with E-state index in [-0.39, 0.29) is 23.4 Å². The van der Waals surface area contributed by atoms with Gasteiger partial charge in [-0.3, -0.25) is 4.90 Å². The van der Waals surface area contributed by atoms with Gasteiger partial charge in [-0.1, -0.05) is 24.3 Å². The first-order chi connectivity index (χ1) is 15.0. The first-order valence-electron chi connectivity index (χ1n) is 11.1. The van der Waals surface area contributed by atoms with E-state index >= 15 is 0 Å². The molecule has 2 saturated heterocycles. The summed E-state index contributed by atoms with van der Waals surface area (Å²) < 4.78 is 24.7. The van der Waals surface area contributed by atoms with Gasteiger partial charge in [0.25, 0.3) is 0 Å². The minimum atomic E-state index is -0.273. The lowest BCUT2D eigenvalue weighted by Crippen LogP contribution is -2.61. The lowest BCUT2D eigenvalue weighted by Gasteiger charge is -2.52. The average Bonchev–Trinajstić information content (AvgIpc) is 2.78. The van der Waals surface area contributed by atoms with Gasteiger partial charge in [-0.05, 0) is 81.7 Å². The van der Waals surface area contributed by atoms with Crippen molar-refractivity contribution in [1.82, 2.24) is 9.80 Å². The number of benzene rings is 2. The molecule has 2 heterocycles. The molecule has 0 radical (unpaired) electrons. The topological polar surface area (TPSA) is 42.0 Å². The van der Waals surface area contributed by atoms with Crippen LogP contribution in [0.5, 0.6) is 5.75 Å². The Morgan fingerprint density at radius 2 is 1.71 bits per heavy atom. The minimum absolute atomic E-state index is 0.000482. The van der Waals surface area contributed by atoms with Crippen LogP contribution in [0.1, 0.15) is 30.9 Å². The Balaban J connectivity index is 1.62. The number of carbonyl (C=O) groups excluding carboxylic acids is 1. The van der Waals surface area contributed by atoms with E-state index in [9.17, 15) is 9.18 Å². The Morgan fingerprint density at radius 1 is 1.06 bits per heavy atom. The number of hydrogen-bond acceptors (Lipinski definition) is 4. The highest BCUT2D eigenvalue weighted by atomic mass is 19.1. The van der Waals surface area contributed by atoms with E-state index in [1.807, 2.05) is 48.2 Å². The van der Waals surface area contributed by atoms with Gasteiger partial charge >= 0.3 is 6.09 Å². The second-order valence-corrected chi connectivity index (χ2v) is 8.77. The number of likely N-dealkylation sites (tertiary alicyclic amines) is 1. The van der Waals surface area contributed by atoms with Gasteiger partial charge in [-0.2, -0.15) is 0 Å². The molecule has 0 saturated carbocycles. The van der Waals surface area contributed by atoms with Crippen LogP contribution in [0.25, 0.3) is 0 Å². The molecule has 0 aromatic heterocycles. The minimum Gasteiger partial charge on any atom is -0.494 e. The third-order valence-corrected chi connectivity index (χ3v) is 6.71. The molecule has 1 unspecified atom stereocenters. The largest absolute Gasteiger partial charge is 0.494 e. The molecule has 0 N–H and O–H groups in total. The fraction of sp³-hybridized carbons (Fsp3) is 0.480. The van der Waals surface area contributed by atoms with E-state index < -0.39 is 0 Å². The van der Waals surface area contributed by atoms with Crippen molar-refractivity contribution in [3.63, 3.8) is 0 Å². The Morgan fingerprint density at radius 3 is 2.35 bits per heavy atom. The Bertz CT molecular complexity index is 877. The number of rotatable bonds is 6. The Hall–Kier alpha value is -2.60. The summed E-state index contributed by atoms with van der Waals surface area (Å²) in [6.45, 7) is 5.47. The second-order valence-electron chi connectivity index (χ2n) is 8.77. The molecule has 2 aliphatic rings. The number of nitrogens with zero attached hydrogens (tertiary/aromatic N) is 2. The standard InChI is InChI=1S/C25H31FN2O3/c1-3-30-22-10-6-20(7-11-22)17-28-23(16-19-4-8-21(26)9-5-19)25(18-31-24(28)29)12-14-27(2)15-13-25/h4-11,23H,3,12-18H2,1-2H3. The van der Waals surface area contributed by atoms with Gasteiger partial charge in [0.05, 0.1) is 6.61 Å². The zero-order valence-electron chi connectivity index (χ0n) is 18.4. The molecule has 2 aromatic rings. The third-order valence-electron chi connectivity index (χ3n) is 6.71. The Labute approximate surface area is 183 Å². The highest BCUT2D eigenvalue weighted by molar-refractivity contribution is 5.69. The van der Waals surface area contributed by atoms with Gasteiger partial charge in [-0.15, -0.1) is 0 Å². The fourth-order valence-electron chi connectivity index (χ4n) is 4.78. The van der Waals surface area contributed by atoms with E-state index in [2.05, 4.69) is 11.9 Å². The van der Waals surface area contributed by atoms with Gasteiger partial charge in [0.15, 0.2) is 0 Å². The van der Waals surface area contributed by atoms with Crippen molar-refractivity contribution in [3.05, 3.63) is 65.5 Å². The van der Waals surface area contributed by atoms with Crippen LogP contribution in [-0.4, -0.2) is 55.3 Å². The maximum atomic E-state index is 13.5. The summed E-state index contributed by atoms with van der Waals surface area (Å²) in [5, 5.41) is 0. The highest BCUT2D eigenvalue weighted by Gasteiger charge is 2.49. The highest BCUT2D eigenvalue weighted by Crippen LogP contribution is 2.42. The van der Waals surface area contributed by atoms with Crippen molar-refractivity contribution < 1.29 is 18.7 Å². The number of amides is 1. The average molecular weight is 427 g/mol. The summed E-state index contributed by atoms with van der Waals surface area (Å²) in [7, 11) is 2.13. The van der Waals surface area contributed by atoms with Crippen LogP contribution in [0.4, 0.5) is 9.18 Å². The Kier molecular flexibility index (Phi) is 6.46. The lowest BCUT2D eigenvalue weighted by atomic mass is 9.69. The van der Waals surface area contributed by atoms with Crippen LogP contribution in [-0.2, 0) is 17.7 Å². The number of piperidine rings is 1. The fourth-order valence-corrected chi connectivity index (χ4v) is 4.78. The van der Waals surface area contributed by atoms with Crippen LogP contribution < -0.4 is 4.74 Å². The molecule has 0 aliphatic carbocycles. The molecule has 6 heteroatoms. The number of cyclic esters (lactones) is 1. The van der Waals surface area contributed by atoms with Crippen LogP contribution in [0.15, 0.2) is 48.5 Å². The summed E-state index contributed by atoms with van der Waals surface area (Å²) in [5.41, 5.74) is 1.98. The van der Waals surface area contributed by atoms with Crippen LogP contribution in [0, 0.1) is 11.2 Å². The summed E-state index contributed by atoms with van der Waals surface area (Å²) in [6.07, 6.45) is 2.37. The molecule has 1 atom stereocenters. The van der Waals surface area contributed by atoms with Crippen molar-refractivity contribution in [3.8, 4) is 5.75 Å². The van der Waals surface area contributed by atoms with Crippen molar-refractivity contribution in [2.75, 3.05) is 33.4 Å². The summed E-state index contributed by atoms with van der Waals surface area (Å²) >= 11 is 0. The molecule has 4 rings (SSSR count). The number of halogens is 1. The number of carbonyl (C=O) groups is 1.